The van der Waals surface area contributed by atoms with E-state index in [4.69, 9.17) is 0 Å². The number of rotatable bonds is 8. The van der Waals surface area contributed by atoms with Gasteiger partial charge in [-0.1, -0.05) is 51.2 Å². The molecule has 0 saturated heterocycles. The third kappa shape index (κ3) is 5.73. The first-order valence-electron chi connectivity index (χ1n) is 6.32. The number of nitrogens with one attached hydrogen (secondary N) is 1. The summed E-state index contributed by atoms with van der Waals surface area (Å²) in [5.41, 5.74) is 2.67. The van der Waals surface area contributed by atoms with Gasteiger partial charge in [0, 0.05) is 5.69 Å². The number of hydrogen-bond donors (Lipinski definition) is 1. The third-order valence-corrected chi connectivity index (χ3v) is 3.48. The van der Waals surface area contributed by atoms with Gasteiger partial charge >= 0.3 is 0 Å². The smallest absolute Gasteiger partial charge is 0.0560 e. The maximum atomic E-state index is 3.16. The molecule has 0 radical (unpaired) electrons. The van der Waals surface area contributed by atoms with Gasteiger partial charge in [0.1, 0.15) is 0 Å². The maximum Gasteiger partial charge on any atom is 0.0560 e. The SMILES string of the molecule is CCCCCCCCc1cccc(NI)c1. The Morgan fingerprint density at radius 3 is 2.56 bits per heavy atom. The van der Waals surface area contributed by atoms with E-state index in [2.05, 4.69) is 57.6 Å². The molecule has 0 fully saturated rings. The normalized spacial score (nSPS) is 10.4. The summed E-state index contributed by atoms with van der Waals surface area (Å²) in [6, 6.07) is 8.71. The Hall–Kier alpha value is -0.250. The third-order valence-electron chi connectivity index (χ3n) is 2.86. The summed E-state index contributed by atoms with van der Waals surface area (Å²) in [6.45, 7) is 2.27. The Labute approximate surface area is 114 Å². The summed E-state index contributed by atoms with van der Waals surface area (Å²) in [7, 11) is 0. The van der Waals surface area contributed by atoms with Crippen LogP contribution in [0.15, 0.2) is 24.3 Å². The van der Waals surface area contributed by atoms with Crippen LogP contribution in [0, 0.1) is 0 Å². The lowest BCUT2D eigenvalue weighted by molar-refractivity contribution is 0.607. The molecule has 0 saturated carbocycles. The van der Waals surface area contributed by atoms with Crippen LogP contribution in [0.1, 0.15) is 51.0 Å². The van der Waals surface area contributed by atoms with Gasteiger partial charge in [-0.05, 0) is 30.5 Å². The van der Waals surface area contributed by atoms with Crippen molar-refractivity contribution in [2.24, 2.45) is 0 Å². The van der Waals surface area contributed by atoms with E-state index in [1.54, 1.807) is 0 Å². The largest absolute Gasteiger partial charge is 0.328 e. The van der Waals surface area contributed by atoms with E-state index in [1.807, 2.05) is 0 Å². The molecule has 1 aromatic carbocycles. The molecule has 1 nitrogen and oxygen atoms in total. The summed E-state index contributed by atoms with van der Waals surface area (Å²) >= 11 is 2.18. The lowest BCUT2D eigenvalue weighted by Crippen LogP contribution is -1.88. The van der Waals surface area contributed by atoms with Crippen LogP contribution >= 0.6 is 22.9 Å². The van der Waals surface area contributed by atoms with E-state index in [0.29, 0.717) is 0 Å². The number of aryl methyl sites for hydroxylation is 1. The Kier molecular flexibility index (Phi) is 7.64. The van der Waals surface area contributed by atoms with Gasteiger partial charge < -0.3 is 3.53 Å². The number of hydrogen-bond acceptors (Lipinski definition) is 1. The van der Waals surface area contributed by atoms with E-state index in [-0.39, 0.29) is 0 Å². The highest BCUT2D eigenvalue weighted by atomic mass is 127. The fourth-order valence-corrected chi connectivity index (χ4v) is 2.23. The maximum absolute atomic E-state index is 3.16. The number of anilines is 1. The molecule has 0 aromatic heterocycles. The highest BCUT2D eigenvalue weighted by Gasteiger charge is 1.95. The molecule has 0 heterocycles. The van der Waals surface area contributed by atoms with Crippen LogP contribution in [-0.2, 0) is 6.42 Å². The summed E-state index contributed by atoms with van der Waals surface area (Å²) in [4.78, 5) is 0. The predicted molar refractivity (Wildman–Crippen MR) is 81.2 cm³/mol. The molecule has 1 rings (SSSR count). The van der Waals surface area contributed by atoms with Crippen LogP contribution in [0.4, 0.5) is 5.69 Å². The van der Waals surface area contributed by atoms with Gasteiger partial charge in [0.05, 0.1) is 22.9 Å². The minimum absolute atomic E-state index is 1.21. The molecule has 90 valence electrons. The highest BCUT2D eigenvalue weighted by Crippen LogP contribution is 2.15. The van der Waals surface area contributed by atoms with Gasteiger partial charge in [-0.25, -0.2) is 0 Å². The summed E-state index contributed by atoms with van der Waals surface area (Å²) in [5.74, 6) is 0. The fraction of sp³-hybridized carbons (Fsp3) is 0.571. The average molecular weight is 331 g/mol. The van der Waals surface area contributed by atoms with E-state index >= 15 is 0 Å². The van der Waals surface area contributed by atoms with Crippen molar-refractivity contribution in [3.63, 3.8) is 0 Å². The average Bonchev–Trinajstić information content (AvgIpc) is 2.34. The van der Waals surface area contributed by atoms with Crippen molar-refractivity contribution in [3.05, 3.63) is 29.8 Å². The van der Waals surface area contributed by atoms with Crippen molar-refractivity contribution in [2.75, 3.05) is 3.53 Å². The quantitative estimate of drug-likeness (QED) is 0.385. The van der Waals surface area contributed by atoms with Gasteiger partial charge in [0.15, 0.2) is 0 Å². The van der Waals surface area contributed by atoms with Crippen molar-refractivity contribution in [1.82, 2.24) is 0 Å². The Morgan fingerprint density at radius 2 is 1.81 bits per heavy atom. The topological polar surface area (TPSA) is 12.0 Å². The predicted octanol–water partition coefficient (Wildman–Crippen LogP) is 5.35. The molecular weight excluding hydrogens is 309 g/mol. The minimum Gasteiger partial charge on any atom is -0.328 e. The van der Waals surface area contributed by atoms with Crippen molar-refractivity contribution < 1.29 is 0 Å². The summed E-state index contributed by atoms with van der Waals surface area (Å²) in [5, 5.41) is 0. The number of benzene rings is 1. The molecule has 0 atom stereocenters. The van der Waals surface area contributed by atoms with Crippen molar-refractivity contribution in [2.45, 2.75) is 51.9 Å². The number of unbranched alkanes of at least 4 members (excludes halogenated alkanes) is 5. The molecule has 0 unspecified atom stereocenters. The molecule has 1 aromatic rings. The Bertz CT molecular complexity index is 286. The first-order chi connectivity index (χ1) is 7.86. The van der Waals surface area contributed by atoms with Crippen LogP contribution in [0.2, 0.25) is 0 Å². The van der Waals surface area contributed by atoms with Gasteiger partial charge in [-0.3, -0.25) is 0 Å². The summed E-state index contributed by atoms with van der Waals surface area (Å²) in [6.07, 6.45) is 9.47. The zero-order valence-electron chi connectivity index (χ0n) is 10.1. The minimum atomic E-state index is 1.21. The van der Waals surface area contributed by atoms with Gasteiger partial charge in [-0.15, -0.1) is 0 Å². The molecule has 2 heteroatoms. The molecule has 1 N–H and O–H groups in total. The van der Waals surface area contributed by atoms with E-state index in [0.717, 1.165) is 0 Å². The van der Waals surface area contributed by atoms with Crippen molar-refractivity contribution in [1.29, 1.82) is 0 Å². The standard InChI is InChI=1S/C14H22IN/c1-2-3-4-5-6-7-9-13-10-8-11-14(12-13)16-15/h8,10-12,16H,2-7,9H2,1H3. The van der Waals surface area contributed by atoms with Crippen molar-refractivity contribution >= 4 is 28.6 Å². The zero-order valence-corrected chi connectivity index (χ0v) is 12.3. The van der Waals surface area contributed by atoms with E-state index < -0.39 is 0 Å². The molecule has 0 amide bonds. The van der Waals surface area contributed by atoms with Gasteiger partial charge in [0.25, 0.3) is 0 Å². The number of halogens is 1. The highest BCUT2D eigenvalue weighted by molar-refractivity contribution is 14.1. The van der Waals surface area contributed by atoms with Crippen LogP contribution in [0.25, 0.3) is 0 Å². The first-order valence-corrected chi connectivity index (χ1v) is 7.40. The van der Waals surface area contributed by atoms with E-state index in [1.165, 1.54) is 56.2 Å². The Balaban J connectivity index is 2.16. The summed E-state index contributed by atoms with van der Waals surface area (Å²) < 4.78 is 3.16. The molecule has 0 spiro atoms. The van der Waals surface area contributed by atoms with Crippen LogP contribution in [0.5, 0.6) is 0 Å². The van der Waals surface area contributed by atoms with Gasteiger partial charge in [-0.2, -0.15) is 0 Å². The molecule has 0 bridgehead atoms. The zero-order chi connectivity index (χ0) is 11.6. The monoisotopic (exact) mass is 331 g/mol. The lowest BCUT2D eigenvalue weighted by Gasteiger charge is -2.04. The second-order valence-corrected chi connectivity index (χ2v) is 4.85. The molecule has 0 aliphatic rings. The molecule has 0 aliphatic heterocycles. The van der Waals surface area contributed by atoms with E-state index in [9.17, 15) is 0 Å². The van der Waals surface area contributed by atoms with Crippen LogP contribution in [0.3, 0.4) is 0 Å². The van der Waals surface area contributed by atoms with Crippen LogP contribution in [-0.4, -0.2) is 0 Å². The molecular formula is C14H22IN. The Morgan fingerprint density at radius 1 is 1.06 bits per heavy atom. The second kappa shape index (κ2) is 8.85. The van der Waals surface area contributed by atoms with Crippen LogP contribution < -0.4 is 3.53 Å². The lowest BCUT2D eigenvalue weighted by atomic mass is 10.0. The fourth-order valence-electron chi connectivity index (χ4n) is 1.90. The first kappa shape index (κ1) is 13.8. The molecule has 16 heavy (non-hydrogen) atoms. The molecule has 0 aliphatic carbocycles. The van der Waals surface area contributed by atoms with Crippen molar-refractivity contribution in [3.8, 4) is 0 Å². The van der Waals surface area contributed by atoms with Gasteiger partial charge in [0.2, 0.25) is 0 Å². The second-order valence-electron chi connectivity index (χ2n) is 4.31.